The van der Waals surface area contributed by atoms with Crippen molar-refractivity contribution >= 4 is 0 Å². The zero-order chi connectivity index (χ0) is 9.52. The molecule has 0 amide bonds. The van der Waals surface area contributed by atoms with Gasteiger partial charge in [-0.05, 0) is 44.2 Å². The Hall–Kier alpha value is -0.0800. The van der Waals surface area contributed by atoms with Gasteiger partial charge in [-0.15, -0.1) is 0 Å². The second-order valence-corrected chi connectivity index (χ2v) is 4.47. The molecule has 0 aromatic heterocycles. The Balaban J connectivity index is 1.92. The fourth-order valence-electron chi connectivity index (χ4n) is 1.74. The maximum atomic E-state index is 5.57. The van der Waals surface area contributed by atoms with Gasteiger partial charge in [0.15, 0.2) is 0 Å². The molecule has 13 heavy (non-hydrogen) atoms. The predicted octanol–water partition coefficient (Wildman–Crippen LogP) is 2.05. The Morgan fingerprint density at radius 2 is 2.31 bits per heavy atom. The van der Waals surface area contributed by atoms with Gasteiger partial charge in [0.05, 0.1) is 0 Å². The van der Waals surface area contributed by atoms with E-state index in [0.29, 0.717) is 5.92 Å². The van der Waals surface area contributed by atoms with Crippen LogP contribution in [0.25, 0.3) is 0 Å². The minimum absolute atomic E-state index is 0.671. The van der Waals surface area contributed by atoms with Crippen LogP contribution in [0.1, 0.15) is 33.1 Å². The molecule has 78 valence electrons. The lowest BCUT2D eigenvalue weighted by Gasteiger charge is -2.22. The summed E-state index contributed by atoms with van der Waals surface area (Å²) < 4.78 is 5.57. The lowest BCUT2D eigenvalue weighted by molar-refractivity contribution is 0.0947. The fourth-order valence-corrected chi connectivity index (χ4v) is 1.74. The zero-order valence-electron chi connectivity index (χ0n) is 9.01. The summed E-state index contributed by atoms with van der Waals surface area (Å²) in [6.07, 6.45) is 3.96. The highest BCUT2D eigenvalue weighted by Crippen LogP contribution is 2.13. The summed E-state index contributed by atoms with van der Waals surface area (Å²) in [4.78, 5) is 0. The van der Waals surface area contributed by atoms with E-state index in [9.17, 15) is 0 Å². The van der Waals surface area contributed by atoms with Crippen molar-refractivity contribution in [3.63, 3.8) is 0 Å². The molecule has 1 saturated heterocycles. The van der Waals surface area contributed by atoms with Gasteiger partial charge in [0.1, 0.15) is 0 Å². The fraction of sp³-hybridized carbons (Fsp3) is 1.00. The number of piperidine rings is 1. The van der Waals surface area contributed by atoms with E-state index in [1.165, 1.54) is 32.4 Å². The van der Waals surface area contributed by atoms with Gasteiger partial charge >= 0.3 is 0 Å². The molecular formula is C11H23NO. The quantitative estimate of drug-likeness (QED) is 0.662. The lowest BCUT2D eigenvalue weighted by Crippen LogP contribution is -2.30. The molecule has 0 radical (unpaired) electrons. The number of rotatable bonds is 5. The van der Waals surface area contributed by atoms with Gasteiger partial charge in [0, 0.05) is 13.2 Å². The first-order valence-corrected chi connectivity index (χ1v) is 5.57. The standard InChI is InChI=1S/C11H23NO/c1-10(2)9-13-7-5-11-4-3-6-12-8-11/h10-12H,3-9H2,1-2H3. The highest BCUT2D eigenvalue weighted by molar-refractivity contribution is 4.68. The van der Waals surface area contributed by atoms with Crippen LogP contribution in [-0.4, -0.2) is 26.3 Å². The third-order valence-corrected chi connectivity index (χ3v) is 2.52. The Bertz CT molecular complexity index is 119. The number of hydrogen-bond acceptors (Lipinski definition) is 2. The summed E-state index contributed by atoms with van der Waals surface area (Å²) in [5, 5.41) is 3.43. The first-order valence-electron chi connectivity index (χ1n) is 5.57. The summed E-state index contributed by atoms with van der Waals surface area (Å²) >= 11 is 0. The number of ether oxygens (including phenoxy) is 1. The average Bonchev–Trinajstić information content (AvgIpc) is 2.14. The van der Waals surface area contributed by atoms with E-state index in [0.717, 1.165) is 19.1 Å². The smallest absolute Gasteiger partial charge is 0.0488 e. The minimum atomic E-state index is 0.671. The van der Waals surface area contributed by atoms with Gasteiger partial charge in [-0.25, -0.2) is 0 Å². The molecule has 1 unspecified atom stereocenters. The molecule has 1 N–H and O–H groups in total. The lowest BCUT2D eigenvalue weighted by atomic mass is 9.97. The molecule has 1 atom stereocenters. The second-order valence-electron chi connectivity index (χ2n) is 4.47. The summed E-state index contributed by atoms with van der Waals surface area (Å²) in [5.41, 5.74) is 0. The van der Waals surface area contributed by atoms with Crippen LogP contribution in [0, 0.1) is 11.8 Å². The highest BCUT2D eigenvalue weighted by atomic mass is 16.5. The first-order chi connectivity index (χ1) is 6.29. The summed E-state index contributed by atoms with van der Waals surface area (Å²) in [6.45, 7) is 8.67. The van der Waals surface area contributed by atoms with Gasteiger partial charge in [0.25, 0.3) is 0 Å². The maximum absolute atomic E-state index is 5.57. The molecule has 0 aromatic rings. The predicted molar refractivity (Wildman–Crippen MR) is 55.9 cm³/mol. The van der Waals surface area contributed by atoms with E-state index >= 15 is 0 Å². The highest BCUT2D eigenvalue weighted by Gasteiger charge is 2.12. The summed E-state index contributed by atoms with van der Waals surface area (Å²) in [6, 6.07) is 0. The van der Waals surface area contributed by atoms with Crippen molar-refractivity contribution < 1.29 is 4.74 Å². The van der Waals surface area contributed by atoms with Crippen molar-refractivity contribution in [1.82, 2.24) is 5.32 Å². The molecule has 1 aliphatic heterocycles. The SMILES string of the molecule is CC(C)COCCC1CCCNC1. The van der Waals surface area contributed by atoms with Crippen molar-refractivity contribution in [2.45, 2.75) is 33.1 Å². The van der Waals surface area contributed by atoms with E-state index in [1.807, 2.05) is 0 Å². The van der Waals surface area contributed by atoms with Crippen LogP contribution in [0.3, 0.4) is 0 Å². The Kier molecular flexibility index (Phi) is 5.40. The molecule has 1 heterocycles. The molecule has 0 aliphatic carbocycles. The van der Waals surface area contributed by atoms with Gasteiger partial charge in [-0.2, -0.15) is 0 Å². The molecule has 2 nitrogen and oxygen atoms in total. The largest absolute Gasteiger partial charge is 0.381 e. The topological polar surface area (TPSA) is 21.3 Å². The minimum Gasteiger partial charge on any atom is -0.381 e. The molecule has 1 aliphatic rings. The van der Waals surface area contributed by atoms with Gasteiger partial charge in [-0.1, -0.05) is 13.8 Å². The third kappa shape index (κ3) is 5.27. The van der Waals surface area contributed by atoms with E-state index in [4.69, 9.17) is 4.74 Å². The van der Waals surface area contributed by atoms with Crippen LogP contribution in [0.5, 0.6) is 0 Å². The monoisotopic (exact) mass is 185 g/mol. The Morgan fingerprint density at radius 3 is 2.92 bits per heavy atom. The summed E-state index contributed by atoms with van der Waals surface area (Å²) in [7, 11) is 0. The molecular weight excluding hydrogens is 162 g/mol. The van der Waals surface area contributed by atoms with Crippen molar-refractivity contribution in [2.75, 3.05) is 26.3 Å². The Labute approximate surface area is 82.0 Å². The van der Waals surface area contributed by atoms with Crippen LogP contribution in [0.15, 0.2) is 0 Å². The van der Waals surface area contributed by atoms with E-state index in [1.54, 1.807) is 0 Å². The molecule has 2 heteroatoms. The van der Waals surface area contributed by atoms with Crippen LogP contribution in [0.2, 0.25) is 0 Å². The van der Waals surface area contributed by atoms with Crippen LogP contribution < -0.4 is 5.32 Å². The molecule has 0 bridgehead atoms. The van der Waals surface area contributed by atoms with Crippen molar-refractivity contribution in [3.8, 4) is 0 Å². The van der Waals surface area contributed by atoms with Gasteiger partial charge in [-0.3, -0.25) is 0 Å². The molecule has 1 rings (SSSR count). The van der Waals surface area contributed by atoms with Crippen LogP contribution >= 0.6 is 0 Å². The average molecular weight is 185 g/mol. The number of nitrogens with one attached hydrogen (secondary N) is 1. The van der Waals surface area contributed by atoms with Crippen molar-refractivity contribution in [1.29, 1.82) is 0 Å². The molecule has 0 aromatic carbocycles. The zero-order valence-corrected chi connectivity index (χ0v) is 9.01. The van der Waals surface area contributed by atoms with E-state index < -0.39 is 0 Å². The molecule has 0 saturated carbocycles. The van der Waals surface area contributed by atoms with Gasteiger partial charge in [0.2, 0.25) is 0 Å². The maximum Gasteiger partial charge on any atom is 0.0488 e. The van der Waals surface area contributed by atoms with Crippen LogP contribution in [-0.2, 0) is 4.74 Å². The van der Waals surface area contributed by atoms with Gasteiger partial charge < -0.3 is 10.1 Å². The third-order valence-electron chi connectivity index (χ3n) is 2.52. The number of hydrogen-bond donors (Lipinski definition) is 1. The molecule has 0 spiro atoms. The van der Waals surface area contributed by atoms with Crippen molar-refractivity contribution in [2.24, 2.45) is 11.8 Å². The van der Waals surface area contributed by atoms with Crippen LogP contribution in [0.4, 0.5) is 0 Å². The van der Waals surface area contributed by atoms with Crippen molar-refractivity contribution in [3.05, 3.63) is 0 Å². The van der Waals surface area contributed by atoms with E-state index in [2.05, 4.69) is 19.2 Å². The van der Waals surface area contributed by atoms with E-state index in [-0.39, 0.29) is 0 Å². The normalized spacial score (nSPS) is 23.8. The summed E-state index contributed by atoms with van der Waals surface area (Å²) in [5.74, 6) is 1.53. The first kappa shape index (κ1) is 11.0. The second kappa shape index (κ2) is 6.39. The Morgan fingerprint density at radius 1 is 1.46 bits per heavy atom. The molecule has 1 fully saturated rings.